The minimum Gasteiger partial charge on any atom is -0.362 e. The maximum absolute atomic E-state index is 12.0. The van der Waals surface area contributed by atoms with Gasteiger partial charge in [-0.25, -0.2) is 0 Å². The molecule has 0 aliphatic rings. The van der Waals surface area contributed by atoms with Gasteiger partial charge in [-0.1, -0.05) is 26.8 Å². The van der Waals surface area contributed by atoms with Crippen LogP contribution >= 0.6 is 0 Å². The molecule has 0 radical (unpaired) electrons. The summed E-state index contributed by atoms with van der Waals surface area (Å²) in [6, 6.07) is 7.37. The summed E-state index contributed by atoms with van der Waals surface area (Å²) < 4.78 is 0. The second-order valence-corrected chi connectivity index (χ2v) is 4.97. The average Bonchev–Trinajstić information content (AvgIpc) is 2.51. The van der Waals surface area contributed by atoms with Gasteiger partial charge in [0.05, 0.1) is 0 Å². The minimum absolute atomic E-state index is 0.0216. The number of benzene rings is 1. The highest BCUT2D eigenvalue weighted by atomic mass is 16.1. The van der Waals surface area contributed by atoms with E-state index in [-0.39, 0.29) is 5.91 Å². The topological polar surface area (TPSA) is 44.4 Å². The van der Waals surface area contributed by atoms with Gasteiger partial charge in [-0.05, 0) is 50.0 Å². The third kappa shape index (κ3) is 6.45. The molecule has 0 atom stereocenters. The Morgan fingerprint density at radius 3 is 2.52 bits per heavy atom. The number of unbranched alkanes of at least 4 members (excludes halogenated alkanes) is 1. The van der Waals surface area contributed by atoms with E-state index in [4.69, 9.17) is 0 Å². The molecule has 0 bridgehead atoms. The maximum Gasteiger partial charge on any atom is 0.251 e. The zero-order valence-electron chi connectivity index (χ0n) is 13.2. The molecule has 0 saturated carbocycles. The zero-order valence-corrected chi connectivity index (χ0v) is 13.2. The molecule has 2 N–H and O–H groups in total. The van der Waals surface area contributed by atoms with Crippen LogP contribution in [0.2, 0.25) is 0 Å². The molecule has 116 valence electrons. The number of rotatable bonds is 10. The van der Waals surface area contributed by atoms with E-state index in [1.165, 1.54) is 12.8 Å². The summed E-state index contributed by atoms with van der Waals surface area (Å²) in [5.41, 5.74) is 1.61. The Labute approximate surface area is 128 Å². The molecule has 0 spiro atoms. The Bertz CT molecular complexity index is 428. The Kier molecular flexibility index (Phi) is 8.21. The van der Waals surface area contributed by atoms with E-state index in [0.717, 1.165) is 25.3 Å². The number of carbonyl (C=O) groups excluding carboxylic acids is 1. The van der Waals surface area contributed by atoms with Gasteiger partial charge in [-0.2, -0.15) is 0 Å². The van der Waals surface area contributed by atoms with E-state index < -0.39 is 0 Å². The van der Waals surface area contributed by atoms with Crippen LogP contribution in [0.3, 0.4) is 0 Å². The SMILES string of the molecule is C=CNc1ccc(C(=O)NCCN(CC)CCCC)cc1. The third-order valence-electron chi connectivity index (χ3n) is 3.40. The molecule has 1 rings (SSSR count). The summed E-state index contributed by atoms with van der Waals surface area (Å²) in [6.45, 7) is 11.7. The van der Waals surface area contributed by atoms with Gasteiger partial charge in [0, 0.05) is 24.3 Å². The monoisotopic (exact) mass is 289 g/mol. The second kappa shape index (κ2) is 10.00. The van der Waals surface area contributed by atoms with Gasteiger partial charge < -0.3 is 15.5 Å². The van der Waals surface area contributed by atoms with Crippen LogP contribution in [0, 0.1) is 0 Å². The van der Waals surface area contributed by atoms with E-state index >= 15 is 0 Å². The number of likely N-dealkylation sites (N-methyl/N-ethyl adjacent to an activating group) is 1. The van der Waals surface area contributed by atoms with Crippen LogP contribution in [0.5, 0.6) is 0 Å². The van der Waals surface area contributed by atoms with Gasteiger partial charge in [0.2, 0.25) is 0 Å². The predicted octanol–water partition coefficient (Wildman–Crippen LogP) is 3.09. The van der Waals surface area contributed by atoms with E-state index in [0.29, 0.717) is 12.1 Å². The molecule has 0 aromatic heterocycles. The number of carbonyl (C=O) groups is 1. The predicted molar refractivity (Wildman–Crippen MR) is 89.6 cm³/mol. The summed E-state index contributed by atoms with van der Waals surface area (Å²) >= 11 is 0. The molecule has 0 fully saturated rings. The number of hydrogen-bond acceptors (Lipinski definition) is 3. The van der Waals surface area contributed by atoms with E-state index in [1.54, 1.807) is 6.20 Å². The number of hydrogen-bond donors (Lipinski definition) is 2. The first-order chi connectivity index (χ1) is 10.2. The van der Waals surface area contributed by atoms with Crippen molar-refractivity contribution in [3.63, 3.8) is 0 Å². The first kappa shape index (κ1) is 17.2. The Balaban J connectivity index is 2.37. The van der Waals surface area contributed by atoms with Gasteiger partial charge in [0.25, 0.3) is 5.91 Å². The van der Waals surface area contributed by atoms with Gasteiger partial charge >= 0.3 is 0 Å². The summed E-state index contributed by atoms with van der Waals surface area (Å²) in [5, 5.41) is 5.95. The zero-order chi connectivity index (χ0) is 15.5. The van der Waals surface area contributed by atoms with Crippen LogP contribution in [-0.4, -0.2) is 37.0 Å². The Hall–Kier alpha value is -1.81. The van der Waals surface area contributed by atoms with E-state index in [9.17, 15) is 4.79 Å². The molecule has 4 heteroatoms. The summed E-state index contributed by atoms with van der Waals surface area (Å²) in [7, 11) is 0. The first-order valence-corrected chi connectivity index (χ1v) is 7.69. The molecule has 21 heavy (non-hydrogen) atoms. The fourth-order valence-corrected chi connectivity index (χ4v) is 2.08. The lowest BCUT2D eigenvalue weighted by atomic mass is 10.2. The fourth-order valence-electron chi connectivity index (χ4n) is 2.08. The molecule has 0 unspecified atom stereocenters. The van der Waals surface area contributed by atoms with E-state index in [1.807, 2.05) is 24.3 Å². The minimum atomic E-state index is -0.0216. The highest BCUT2D eigenvalue weighted by Gasteiger charge is 2.06. The molecule has 1 aromatic carbocycles. The highest BCUT2D eigenvalue weighted by Crippen LogP contribution is 2.09. The van der Waals surface area contributed by atoms with E-state index in [2.05, 4.69) is 36.0 Å². The van der Waals surface area contributed by atoms with Crippen molar-refractivity contribution >= 4 is 11.6 Å². The van der Waals surface area contributed by atoms with Crippen molar-refractivity contribution in [2.24, 2.45) is 0 Å². The smallest absolute Gasteiger partial charge is 0.251 e. The fraction of sp³-hybridized carbons (Fsp3) is 0.471. The largest absolute Gasteiger partial charge is 0.362 e. The van der Waals surface area contributed by atoms with Crippen molar-refractivity contribution < 1.29 is 4.79 Å². The first-order valence-electron chi connectivity index (χ1n) is 7.69. The summed E-state index contributed by atoms with van der Waals surface area (Å²) in [6.07, 6.45) is 4.03. The Morgan fingerprint density at radius 2 is 1.95 bits per heavy atom. The highest BCUT2D eigenvalue weighted by molar-refractivity contribution is 5.94. The molecule has 0 aliphatic carbocycles. The van der Waals surface area contributed by atoms with Gasteiger partial charge in [0.15, 0.2) is 0 Å². The lowest BCUT2D eigenvalue weighted by Crippen LogP contribution is -2.35. The normalized spacial score (nSPS) is 10.4. The third-order valence-corrected chi connectivity index (χ3v) is 3.40. The molecule has 0 aliphatic heterocycles. The van der Waals surface area contributed by atoms with Crippen molar-refractivity contribution in [3.8, 4) is 0 Å². The van der Waals surface area contributed by atoms with Crippen molar-refractivity contribution in [2.75, 3.05) is 31.5 Å². The molecule has 0 saturated heterocycles. The average molecular weight is 289 g/mol. The molecule has 1 amide bonds. The Morgan fingerprint density at radius 1 is 1.24 bits per heavy atom. The number of nitrogens with zero attached hydrogens (tertiary/aromatic N) is 1. The van der Waals surface area contributed by atoms with Crippen molar-refractivity contribution in [1.82, 2.24) is 10.2 Å². The van der Waals surface area contributed by atoms with Crippen molar-refractivity contribution in [1.29, 1.82) is 0 Å². The lowest BCUT2D eigenvalue weighted by Gasteiger charge is -2.20. The van der Waals surface area contributed by atoms with Gasteiger partial charge in [-0.15, -0.1) is 0 Å². The van der Waals surface area contributed by atoms with Crippen molar-refractivity contribution in [3.05, 3.63) is 42.6 Å². The molecular weight excluding hydrogens is 262 g/mol. The van der Waals surface area contributed by atoms with Crippen molar-refractivity contribution in [2.45, 2.75) is 26.7 Å². The van der Waals surface area contributed by atoms with Crippen LogP contribution < -0.4 is 10.6 Å². The number of nitrogens with one attached hydrogen (secondary N) is 2. The molecule has 1 aromatic rings. The molecule has 0 heterocycles. The van der Waals surface area contributed by atoms with Crippen LogP contribution in [-0.2, 0) is 0 Å². The summed E-state index contributed by atoms with van der Waals surface area (Å²) in [5.74, 6) is -0.0216. The molecule has 4 nitrogen and oxygen atoms in total. The number of amides is 1. The second-order valence-electron chi connectivity index (χ2n) is 4.97. The quantitative estimate of drug-likeness (QED) is 0.695. The standard InChI is InChI=1S/C17H27N3O/c1-4-7-13-20(6-3)14-12-19-17(21)15-8-10-16(11-9-15)18-5-2/h5,8-11,18H,2,4,6-7,12-14H2,1,3H3,(H,19,21). The lowest BCUT2D eigenvalue weighted by molar-refractivity contribution is 0.0948. The van der Waals surface area contributed by atoms with Crippen LogP contribution in [0.15, 0.2) is 37.0 Å². The molecular formula is C17H27N3O. The van der Waals surface area contributed by atoms with Gasteiger partial charge in [-0.3, -0.25) is 4.79 Å². The van der Waals surface area contributed by atoms with Crippen LogP contribution in [0.25, 0.3) is 0 Å². The summed E-state index contributed by atoms with van der Waals surface area (Å²) in [4.78, 5) is 14.4. The maximum atomic E-state index is 12.0. The number of anilines is 1. The van der Waals surface area contributed by atoms with Crippen LogP contribution in [0.1, 0.15) is 37.0 Å². The van der Waals surface area contributed by atoms with Crippen LogP contribution in [0.4, 0.5) is 5.69 Å². The van der Waals surface area contributed by atoms with Gasteiger partial charge in [0.1, 0.15) is 0 Å².